The molecule has 0 bridgehead atoms. The van der Waals surface area contributed by atoms with Crippen LogP contribution in [-0.4, -0.2) is 19.7 Å². The average Bonchev–Trinajstić information content (AvgIpc) is 3.05. The standard InChI is InChI=1S/C37H30F3NO3S2/c1-2-3-19-45(44-46(42,43)37(38,39)40,25-27-17-15-26(24-41)16-18-27)33-13-8-12-31(22-33)36-34-14-7-6-11-30(34)21-32-20-28-9-4-5-10-29(28)23-35(32)36/h4-18,20-23H,2-3,19,25H2,1H3. The van der Waals surface area contributed by atoms with Gasteiger partial charge in [-0.25, -0.2) is 3.63 Å². The van der Waals surface area contributed by atoms with Crippen molar-refractivity contribution in [1.82, 2.24) is 0 Å². The smallest absolute Gasteiger partial charge is 0.208 e. The summed E-state index contributed by atoms with van der Waals surface area (Å²) < 4.78 is 72.7. The SMILES string of the molecule is CCCCS(Cc1ccc(C#N)cc1)(OS(=O)(=O)C(F)(F)F)c1cccc(-c2c3ccccc3cc3cc4ccccc4cc23)c1. The van der Waals surface area contributed by atoms with E-state index < -0.39 is 25.9 Å². The molecule has 6 aromatic rings. The summed E-state index contributed by atoms with van der Waals surface area (Å²) in [7, 11) is -9.07. The second-order valence-corrected chi connectivity index (χ2v) is 15.9. The van der Waals surface area contributed by atoms with Gasteiger partial charge in [0.15, 0.2) is 0 Å². The van der Waals surface area contributed by atoms with Gasteiger partial charge >= 0.3 is 15.6 Å². The Morgan fingerprint density at radius 2 is 1.39 bits per heavy atom. The number of benzene rings is 6. The number of hydrogen-bond donors (Lipinski definition) is 0. The predicted octanol–water partition coefficient (Wildman–Crippen LogP) is 10.6. The van der Waals surface area contributed by atoms with E-state index in [1.54, 1.807) is 42.5 Å². The maximum atomic E-state index is 13.9. The fraction of sp³-hybridized carbons (Fsp3) is 0.162. The van der Waals surface area contributed by atoms with Crippen molar-refractivity contribution in [2.75, 3.05) is 5.75 Å². The largest absolute Gasteiger partial charge is 0.523 e. The zero-order valence-corrected chi connectivity index (χ0v) is 26.6. The fourth-order valence-electron chi connectivity index (χ4n) is 5.85. The lowest BCUT2D eigenvalue weighted by molar-refractivity contribution is -0.0496. The molecule has 1 atom stereocenters. The molecule has 0 saturated carbocycles. The summed E-state index contributed by atoms with van der Waals surface area (Å²) in [6.45, 7) is 1.90. The Kier molecular flexibility index (Phi) is 8.55. The average molecular weight is 658 g/mol. The van der Waals surface area contributed by atoms with E-state index >= 15 is 0 Å². The maximum Gasteiger partial charge on any atom is 0.523 e. The van der Waals surface area contributed by atoms with Crippen molar-refractivity contribution >= 4 is 52.7 Å². The van der Waals surface area contributed by atoms with E-state index in [0.29, 0.717) is 28.9 Å². The Bertz CT molecular complexity index is 2220. The van der Waals surface area contributed by atoms with Crippen molar-refractivity contribution in [2.24, 2.45) is 0 Å². The molecule has 234 valence electrons. The summed E-state index contributed by atoms with van der Waals surface area (Å²) >= 11 is 0. The first-order valence-corrected chi connectivity index (χ1v) is 18.1. The molecule has 1 unspecified atom stereocenters. The molecule has 0 saturated heterocycles. The van der Waals surface area contributed by atoms with Crippen molar-refractivity contribution in [1.29, 1.82) is 5.26 Å². The molecule has 0 radical (unpaired) electrons. The number of nitriles is 1. The molecule has 9 heteroatoms. The second kappa shape index (κ2) is 12.4. The molecule has 0 aliphatic rings. The molecule has 0 spiro atoms. The third kappa shape index (κ3) is 6.08. The Labute approximate surface area is 267 Å². The predicted molar refractivity (Wildman–Crippen MR) is 181 cm³/mol. The van der Waals surface area contributed by atoms with Crippen LogP contribution in [-0.2, 0) is 19.5 Å². The molecule has 6 aromatic carbocycles. The number of halogens is 3. The minimum Gasteiger partial charge on any atom is -0.208 e. The Hall–Kier alpha value is -4.36. The first-order valence-electron chi connectivity index (χ1n) is 14.8. The van der Waals surface area contributed by atoms with Crippen molar-refractivity contribution < 1.29 is 25.2 Å². The van der Waals surface area contributed by atoms with Gasteiger partial charge in [0.2, 0.25) is 0 Å². The lowest BCUT2D eigenvalue weighted by Crippen LogP contribution is -2.28. The first-order chi connectivity index (χ1) is 22.0. The van der Waals surface area contributed by atoms with E-state index in [0.717, 1.165) is 43.4 Å². The number of alkyl halides is 3. The summed E-state index contributed by atoms with van der Waals surface area (Å²) in [5.41, 5.74) is -2.97. The third-order valence-electron chi connectivity index (χ3n) is 8.09. The van der Waals surface area contributed by atoms with E-state index in [1.807, 2.05) is 61.5 Å². The van der Waals surface area contributed by atoms with Crippen LogP contribution in [0.4, 0.5) is 13.2 Å². The lowest BCUT2D eigenvalue weighted by Gasteiger charge is -2.39. The van der Waals surface area contributed by atoms with Gasteiger partial charge in [-0.3, -0.25) is 0 Å². The fourth-order valence-corrected chi connectivity index (χ4v) is 11.0. The molecular weight excluding hydrogens is 628 g/mol. The van der Waals surface area contributed by atoms with Gasteiger partial charge in [0.25, 0.3) is 0 Å². The van der Waals surface area contributed by atoms with Crippen LogP contribution >= 0.6 is 10.3 Å². The topological polar surface area (TPSA) is 67.2 Å². The van der Waals surface area contributed by atoms with Gasteiger partial charge in [-0.05, 0) is 97.9 Å². The van der Waals surface area contributed by atoms with E-state index in [-0.39, 0.29) is 11.5 Å². The summed E-state index contributed by atoms with van der Waals surface area (Å²) in [6, 6.07) is 38.0. The van der Waals surface area contributed by atoms with Crippen molar-refractivity contribution in [2.45, 2.75) is 35.9 Å². The van der Waals surface area contributed by atoms with Crippen LogP contribution in [0.25, 0.3) is 43.4 Å². The van der Waals surface area contributed by atoms with Crippen LogP contribution in [0.3, 0.4) is 0 Å². The van der Waals surface area contributed by atoms with Crippen LogP contribution in [0.5, 0.6) is 0 Å². The van der Waals surface area contributed by atoms with E-state index in [2.05, 4.69) is 24.3 Å². The Morgan fingerprint density at radius 3 is 2.07 bits per heavy atom. The Morgan fingerprint density at radius 1 is 0.739 bits per heavy atom. The molecule has 46 heavy (non-hydrogen) atoms. The molecule has 0 aromatic heterocycles. The zero-order chi connectivity index (χ0) is 32.5. The first kappa shape index (κ1) is 31.6. The summed E-state index contributed by atoms with van der Waals surface area (Å²) in [5.74, 6) is 0.0293. The normalized spacial score (nSPS) is 14.2. The summed E-state index contributed by atoms with van der Waals surface area (Å²) in [6.07, 6.45) is 1.07. The van der Waals surface area contributed by atoms with Crippen molar-refractivity contribution in [3.8, 4) is 17.2 Å². The molecule has 0 fully saturated rings. The minimum atomic E-state index is -5.95. The van der Waals surface area contributed by atoms with Gasteiger partial charge in [0.1, 0.15) is 0 Å². The molecule has 0 aliphatic heterocycles. The summed E-state index contributed by atoms with van der Waals surface area (Å²) in [5, 5.41) is 15.4. The molecule has 0 amide bonds. The van der Waals surface area contributed by atoms with Crippen LogP contribution in [0.15, 0.2) is 120 Å². The molecule has 4 nitrogen and oxygen atoms in total. The van der Waals surface area contributed by atoms with Crippen molar-refractivity contribution in [3.05, 3.63) is 126 Å². The second-order valence-electron chi connectivity index (χ2n) is 11.2. The highest BCUT2D eigenvalue weighted by Gasteiger charge is 2.51. The number of unbranched alkanes of at least 4 members (excludes halogenated alkanes) is 1. The molecule has 0 aliphatic carbocycles. The molecular formula is C37H30F3NO3S2. The van der Waals surface area contributed by atoms with E-state index in [4.69, 9.17) is 3.63 Å². The highest BCUT2D eigenvalue weighted by atomic mass is 32.3. The maximum absolute atomic E-state index is 13.9. The highest BCUT2D eigenvalue weighted by Crippen LogP contribution is 2.62. The van der Waals surface area contributed by atoms with Gasteiger partial charge < -0.3 is 0 Å². The molecule has 0 heterocycles. The monoisotopic (exact) mass is 657 g/mol. The highest BCUT2D eigenvalue weighted by molar-refractivity contribution is 8.32. The van der Waals surface area contributed by atoms with Gasteiger partial charge in [0.05, 0.1) is 11.6 Å². The Balaban J connectivity index is 1.61. The number of fused-ring (bicyclic) bond motifs is 3. The summed E-state index contributed by atoms with van der Waals surface area (Å²) in [4.78, 5) is 0.400. The number of rotatable bonds is 9. The third-order valence-corrected chi connectivity index (χ3v) is 13.3. The van der Waals surface area contributed by atoms with Gasteiger partial charge in [-0.1, -0.05) is 96.4 Å². The quantitative estimate of drug-likeness (QED) is 0.115. The van der Waals surface area contributed by atoms with E-state index in [1.165, 1.54) is 0 Å². The van der Waals surface area contributed by atoms with Crippen molar-refractivity contribution in [3.63, 3.8) is 0 Å². The van der Waals surface area contributed by atoms with Gasteiger partial charge in [-0.2, -0.15) is 26.9 Å². The van der Waals surface area contributed by atoms with Crippen LogP contribution < -0.4 is 0 Å². The zero-order valence-electron chi connectivity index (χ0n) is 24.9. The lowest BCUT2D eigenvalue weighted by atomic mass is 9.90. The number of hydrogen-bond acceptors (Lipinski definition) is 4. The number of nitrogens with zero attached hydrogens (tertiary/aromatic N) is 1. The van der Waals surface area contributed by atoms with E-state index in [9.17, 15) is 26.9 Å². The molecule has 6 rings (SSSR count). The van der Waals surface area contributed by atoms with Gasteiger partial charge in [-0.15, -0.1) is 0 Å². The minimum absolute atomic E-state index is 0.0710. The van der Waals surface area contributed by atoms with Crippen LogP contribution in [0, 0.1) is 11.3 Å². The van der Waals surface area contributed by atoms with Crippen LogP contribution in [0.2, 0.25) is 0 Å². The molecule has 0 N–H and O–H groups in total. The van der Waals surface area contributed by atoms with Gasteiger partial charge in [0, 0.05) is 16.4 Å². The van der Waals surface area contributed by atoms with Crippen LogP contribution in [0.1, 0.15) is 30.9 Å².